The fourth-order valence-corrected chi connectivity index (χ4v) is 3.25. The van der Waals surface area contributed by atoms with E-state index in [1.165, 1.54) is 16.7 Å². The van der Waals surface area contributed by atoms with Gasteiger partial charge in [-0.15, -0.1) is 0 Å². The van der Waals surface area contributed by atoms with E-state index in [2.05, 4.69) is 34.1 Å². The zero-order valence-electron chi connectivity index (χ0n) is 13.2. The number of likely N-dealkylation sites (tertiary alicyclic amines) is 1. The Balaban J connectivity index is 1.64. The zero-order chi connectivity index (χ0) is 15.4. The number of pyridine rings is 1. The van der Waals surface area contributed by atoms with Gasteiger partial charge in [-0.25, -0.2) is 0 Å². The van der Waals surface area contributed by atoms with Gasteiger partial charge < -0.3 is 5.11 Å². The summed E-state index contributed by atoms with van der Waals surface area (Å²) in [4.78, 5) is 6.57. The van der Waals surface area contributed by atoms with Crippen LogP contribution >= 0.6 is 0 Å². The monoisotopic (exact) mass is 296 g/mol. The molecule has 116 valence electrons. The van der Waals surface area contributed by atoms with Gasteiger partial charge in [0, 0.05) is 18.9 Å². The van der Waals surface area contributed by atoms with Crippen molar-refractivity contribution < 1.29 is 5.11 Å². The summed E-state index contributed by atoms with van der Waals surface area (Å²) in [5.74, 6) is 0.472. The molecule has 1 N–H and O–H groups in total. The second kappa shape index (κ2) is 7.03. The van der Waals surface area contributed by atoms with Crippen molar-refractivity contribution in [3.63, 3.8) is 0 Å². The lowest BCUT2D eigenvalue weighted by molar-refractivity contribution is 0.0695. The Morgan fingerprint density at radius 3 is 2.55 bits per heavy atom. The van der Waals surface area contributed by atoms with Crippen molar-refractivity contribution in [1.82, 2.24) is 9.88 Å². The van der Waals surface area contributed by atoms with Crippen molar-refractivity contribution in [3.8, 4) is 11.1 Å². The summed E-state index contributed by atoms with van der Waals surface area (Å²) in [5.41, 5.74) is 3.81. The van der Waals surface area contributed by atoms with Crippen LogP contribution in [0.25, 0.3) is 11.1 Å². The molecule has 1 unspecified atom stereocenters. The van der Waals surface area contributed by atoms with E-state index in [9.17, 15) is 5.11 Å². The van der Waals surface area contributed by atoms with Gasteiger partial charge in [-0.05, 0) is 73.7 Å². The molecule has 1 atom stereocenters. The van der Waals surface area contributed by atoms with Crippen molar-refractivity contribution in [3.05, 3.63) is 54.4 Å². The molecule has 1 aliphatic heterocycles. The first-order valence-electron chi connectivity index (χ1n) is 8.12. The largest absolute Gasteiger partial charge is 0.393 e. The summed E-state index contributed by atoms with van der Waals surface area (Å²) >= 11 is 0. The molecule has 2 heterocycles. The van der Waals surface area contributed by atoms with Crippen LogP contribution in [0.2, 0.25) is 0 Å². The Morgan fingerprint density at radius 2 is 1.86 bits per heavy atom. The minimum absolute atomic E-state index is 0.169. The van der Waals surface area contributed by atoms with Gasteiger partial charge in [0.1, 0.15) is 0 Å². The maximum Gasteiger partial charge on any atom is 0.0541 e. The van der Waals surface area contributed by atoms with Crippen LogP contribution in [0.4, 0.5) is 0 Å². The molecule has 3 heteroatoms. The van der Waals surface area contributed by atoms with Crippen LogP contribution in [0.15, 0.2) is 48.8 Å². The minimum atomic E-state index is -0.169. The van der Waals surface area contributed by atoms with Gasteiger partial charge in [-0.1, -0.05) is 18.2 Å². The molecular weight excluding hydrogens is 272 g/mol. The number of hydrogen-bond donors (Lipinski definition) is 1. The van der Waals surface area contributed by atoms with E-state index < -0.39 is 0 Å². The fourth-order valence-electron chi connectivity index (χ4n) is 3.25. The highest BCUT2D eigenvalue weighted by Crippen LogP contribution is 2.24. The van der Waals surface area contributed by atoms with Crippen LogP contribution in [-0.4, -0.2) is 34.2 Å². The molecule has 1 aromatic heterocycles. The summed E-state index contributed by atoms with van der Waals surface area (Å²) in [6.07, 6.45) is 5.70. The highest BCUT2D eigenvalue weighted by atomic mass is 16.3. The van der Waals surface area contributed by atoms with Crippen molar-refractivity contribution in [2.24, 2.45) is 5.92 Å². The average Bonchev–Trinajstić information content (AvgIpc) is 2.56. The van der Waals surface area contributed by atoms with E-state index in [4.69, 9.17) is 0 Å². The van der Waals surface area contributed by atoms with Gasteiger partial charge in [0.25, 0.3) is 0 Å². The third-order valence-corrected chi connectivity index (χ3v) is 4.66. The third kappa shape index (κ3) is 3.73. The SMILES string of the molecule is CC(O)C1CCN(Cc2cccc(-c3ccncc3)c2)CC1. The zero-order valence-corrected chi connectivity index (χ0v) is 13.2. The first-order valence-corrected chi connectivity index (χ1v) is 8.12. The van der Waals surface area contributed by atoms with Crippen LogP contribution in [-0.2, 0) is 6.54 Å². The van der Waals surface area contributed by atoms with Gasteiger partial charge in [-0.3, -0.25) is 9.88 Å². The summed E-state index contributed by atoms with van der Waals surface area (Å²) in [6.45, 7) is 5.06. The molecule has 1 aliphatic rings. The number of nitrogens with zero attached hydrogens (tertiary/aromatic N) is 2. The molecule has 0 spiro atoms. The maximum absolute atomic E-state index is 9.69. The summed E-state index contributed by atoms with van der Waals surface area (Å²) in [5, 5.41) is 9.69. The predicted molar refractivity (Wildman–Crippen MR) is 89.4 cm³/mol. The summed E-state index contributed by atoms with van der Waals surface area (Å²) in [6, 6.07) is 12.9. The minimum Gasteiger partial charge on any atom is -0.393 e. The quantitative estimate of drug-likeness (QED) is 0.940. The molecule has 1 saturated heterocycles. The first-order chi connectivity index (χ1) is 10.7. The van der Waals surface area contributed by atoms with Crippen molar-refractivity contribution in [2.45, 2.75) is 32.4 Å². The lowest BCUT2D eigenvalue weighted by atomic mass is 9.92. The number of hydrogen-bond acceptors (Lipinski definition) is 3. The fraction of sp³-hybridized carbons (Fsp3) is 0.421. The molecule has 3 rings (SSSR count). The van der Waals surface area contributed by atoms with Crippen LogP contribution in [0.5, 0.6) is 0 Å². The van der Waals surface area contributed by atoms with Gasteiger partial charge in [0.05, 0.1) is 6.10 Å². The van der Waals surface area contributed by atoms with Crippen LogP contribution in [0, 0.1) is 5.92 Å². The number of aromatic nitrogens is 1. The Hall–Kier alpha value is -1.71. The molecule has 0 amide bonds. The van der Waals surface area contributed by atoms with Gasteiger partial charge in [0.2, 0.25) is 0 Å². The molecule has 1 fully saturated rings. The topological polar surface area (TPSA) is 36.4 Å². The molecule has 1 aromatic carbocycles. The summed E-state index contributed by atoms with van der Waals surface area (Å²) in [7, 11) is 0. The van der Waals surface area contributed by atoms with Crippen molar-refractivity contribution >= 4 is 0 Å². The molecule has 0 saturated carbocycles. The molecule has 0 radical (unpaired) electrons. The highest BCUT2D eigenvalue weighted by molar-refractivity contribution is 5.63. The number of aliphatic hydroxyl groups excluding tert-OH is 1. The predicted octanol–water partition coefficient (Wildman–Crippen LogP) is 3.34. The van der Waals surface area contributed by atoms with Crippen molar-refractivity contribution in [2.75, 3.05) is 13.1 Å². The molecule has 3 nitrogen and oxygen atoms in total. The normalized spacial score (nSPS) is 18.3. The van der Waals surface area contributed by atoms with E-state index in [0.29, 0.717) is 5.92 Å². The Labute approximate surface area is 132 Å². The molecule has 2 aromatic rings. The van der Waals surface area contributed by atoms with E-state index in [0.717, 1.165) is 32.5 Å². The van der Waals surface area contributed by atoms with Gasteiger partial charge >= 0.3 is 0 Å². The molecule has 22 heavy (non-hydrogen) atoms. The average molecular weight is 296 g/mol. The Kier molecular flexibility index (Phi) is 4.86. The van der Waals surface area contributed by atoms with Crippen molar-refractivity contribution in [1.29, 1.82) is 0 Å². The van der Waals surface area contributed by atoms with E-state index in [-0.39, 0.29) is 6.10 Å². The number of benzene rings is 1. The van der Waals surface area contributed by atoms with Crippen LogP contribution in [0.1, 0.15) is 25.3 Å². The van der Waals surface area contributed by atoms with E-state index >= 15 is 0 Å². The summed E-state index contributed by atoms with van der Waals surface area (Å²) < 4.78 is 0. The van der Waals surface area contributed by atoms with Gasteiger partial charge in [0.15, 0.2) is 0 Å². The van der Waals surface area contributed by atoms with E-state index in [1.54, 1.807) is 0 Å². The highest BCUT2D eigenvalue weighted by Gasteiger charge is 2.22. The van der Waals surface area contributed by atoms with Crippen LogP contribution in [0.3, 0.4) is 0 Å². The lowest BCUT2D eigenvalue weighted by Crippen LogP contribution is -2.36. The standard InChI is InChI=1S/C19H24N2O/c1-15(22)17-7-11-21(12-8-17)14-16-3-2-4-19(13-16)18-5-9-20-10-6-18/h2-6,9-10,13,15,17,22H,7-8,11-12,14H2,1H3. The first kappa shape index (κ1) is 15.2. The lowest BCUT2D eigenvalue weighted by Gasteiger charge is -2.33. The molecule has 0 bridgehead atoms. The van der Waals surface area contributed by atoms with E-state index in [1.807, 2.05) is 31.5 Å². The molecule has 0 aliphatic carbocycles. The number of rotatable bonds is 4. The molecular formula is C19H24N2O. The second-order valence-electron chi connectivity index (χ2n) is 6.29. The number of piperidine rings is 1. The Bertz CT molecular complexity index is 589. The number of aliphatic hydroxyl groups is 1. The Morgan fingerprint density at radius 1 is 1.14 bits per heavy atom. The van der Waals surface area contributed by atoms with Gasteiger partial charge in [-0.2, -0.15) is 0 Å². The maximum atomic E-state index is 9.69. The third-order valence-electron chi connectivity index (χ3n) is 4.66. The smallest absolute Gasteiger partial charge is 0.0541 e. The second-order valence-corrected chi connectivity index (χ2v) is 6.29. The van der Waals surface area contributed by atoms with Crippen LogP contribution < -0.4 is 0 Å².